The first kappa shape index (κ1) is 34.8. The number of unbranched alkanes of at least 4 members (excludes halogenated alkanes) is 8. The van der Waals surface area contributed by atoms with E-state index in [-0.39, 0.29) is 13.2 Å². The second-order valence-electron chi connectivity index (χ2n) is 8.62. The van der Waals surface area contributed by atoms with Crippen LogP contribution in [-0.2, 0) is 32.3 Å². The molecule has 0 fully saturated rings. The third kappa shape index (κ3) is 19.6. The number of amides is 2. The Morgan fingerprint density at radius 3 is 1.49 bits per heavy atom. The molecule has 0 radical (unpaired) electrons. The van der Waals surface area contributed by atoms with E-state index in [1.165, 1.54) is 6.42 Å². The molecule has 0 atom stereocenters. The summed E-state index contributed by atoms with van der Waals surface area (Å²) < 4.78 is 31.2. The Labute approximate surface area is 223 Å². The van der Waals surface area contributed by atoms with E-state index in [1.807, 2.05) is 0 Å². The van der Waals surface area contributed by atoms with Gasteiger partial charge < -0.3 is 38.1 Å². The minimum atomic E-state index is -2.59. The summed E-state index contributed by atoms with van der Waals surface area (Å²) in [4.78, 5) is 34.5. The van der Waals surface area contributed by atoms with Crippen LogP contribution in [-0.4, -0.2) is 81.2 Å². The highest BCUT2D eigenvalue weighted by Gasteiger charge is 2.36. The summed E-state index contributed by atoms with van der Waals surface area (Å²) in [7, 11) is 2.12. The number of carbonyl (C=O) groups excluding carboxylic acids is 3. The molecular weight excluding hydrogens is 500 g/mol. The molecular formula is C25H48N2O9Si. The van der Waals surface area contributed by atoms with Crippen LogP contribution in [0.25, 0.3) is 0 Å². The summed E-state index contributed by atoms with van der Waals surface area (Å²) >= 11 is 0. The SMILES string of the molecule is C=C(C)C(=O)OCCNC(=O)OCCCCCCCCCCCOC(=O)NCCC[Si](OC)(OC)OC. The van der Waals surface area contributed by atoms with Crippen molar-refractivity contribution >= 4 is 27.0 Å². The van der Waals surface area contributed by atoms with E-state index in [0.29, 0.717) is 37.8 Å². The summed E-state index contributed by atoms with van der Waals surface area (Å²) in [6.07, 6.45) is 9.22. The molecule has 12 heteroatoms. The third-order valence-corrected chi connectivity index (χ3v) is 8.40. The number of ether oxygens (including phenoxy) is 3. The van der Waals surface area contributed by atoms with Crippen LogP contribution in [0.5, 0.6) is 0 Å². The van der Waals surface area contributed by atoms with Crippen LogP contribution in [0.15, 0.2) is 12.2 Å². The minimum absolute atomic E-state index is 0.0891. The molecule has 0 saturated carbocycles. The number of hydrogen-bond acceptors (Lipinski definition) is 9. The van der Waals surface area contributed by atoms with Crippen LogP contribution >= 0.6 is 0 Å². The van der Waals surface area contributed by atoms with E-state index in [0.717, 1.165) is 51.4 Å². The predicted molar refractivity (Wildman–Crippen MR) is 142 cm³/mol. The van der Waals surface area contributed by atoms with Crippen molar-refractivity contribution in [3.8, 4) is 0 Å². The van der Waals surface area contributed by atoms with Gasteiger partial charge in [-0.05, 0) is 26.2 Å². The van der Waals surface area contributed by atoms with Gasteiger partial charge in [0.15, 0.2) is 0 Å². The molecule has 0 spiro atoms. The van der Waals surface area contributed by atoms with Gasteiger partial charge >= 0.3 is 27.0 Å². The molecule has 0 aromatic heterocycles. The second-order valence-corrected chi connectivity index (χ2v) is 11.7. The van der Waals surface area contributed by atoms with Gasteiger partial charge in [0.05, 0.1) is 19.8 Å². The fraction of sp³-hybridized carbons (Fsp3) is 0.800. The lowest BCUT2D eigenvalue weighted by Crippen LogP contribution is -2.43. The maximum Gasteiger partial charge on any atom is 0.500 e. The molecule has 37 heavy (non-hydrogen) atoms. The minimum Gasteiger partial charge on any atom is -0.460 e. The third-order valence-electron chi connectivity index (χ3n) is 5.57. The number of nitrogens with one attached hydrogen (secondary N) is 2. The molecule has 0 heterocycles. The molecule has 0 aliphatic heterocycles. The molecule has 0 aliphatic carbocycles. The molecule has 0 unspecified atom stereocenters. The molecule has 0 saturated heterocycles. The van der Waals surface area contributed by atoms with Crippen molar-refractivity contribution in [2.24, 2.45) is 0 Å². The molecule has 0 aromatic carbocycles. The predicted octanol–water partition coefficient (Wildman–Crippen LogP) is 4.34. The Kier molecular flexibility index (Phi) is 21.7. The van der Waals surface area contributed by atoms with E-state index < -0.39 is 27.0 Å². The van der Waals surface area contributed by atoms with Crippen molar-refractivity contribution in [2.75, 3.05) is 54.2 Å². The summed E-state index contributed by atoms with van der Waals surface area (Å²) in [6.45, 7) is 6.62. The number of rotatable bonds is 23. The number of esters is 1. The van der Waals surface area contributed by atoms with Gasteiger partial charge in [-0.15, -0.1) is 0 Å². The van der Waals surface area contributed by atoms with Crippen LogP contribution in [0.1, 0.15) is 71.1 Å². The molecule has 0 aromatic rings. The Morgan fingerprint density at radius 1 is 0.622 bits per heavy atom. The van der Waals surface area contributed by atoms with Crippen molar-refractivity contribution in [2.45, 2.75) is 77.2 Å². The Balaban J connectivity index is 3.42. The lowest BCUT2D eigenvalue weighted by atomic mass is 10.1. The number of hydrogen-bond donors (Lipinski definition) is 2. The van der Waals surface area contributed by atoms with Crippen LogP contribution in [0.4, 0.5) is 9.59 Å². The zero-order valence-electron chi connectivity index (χ0n) is 23.2. The van der Waals surface area contributed by atoms with Crippen molar-refractivity contribution in [1.29, 1.82) is 0 Å². The Bertz CT molecular complexity index is 637. The maximum atomic E-state index is 11.7. The fourth-order valence-corrected chi connectivity index (χ4v) is 5.07. The zero-order valence-corrected chi connectivity index (χ0v) is 24.2. The molecule has 2 N–H and O–H groups in total. The first-order valence-corrected chi connectivity index (χ1v) is 15.0. The van der Waals surface area contributed by atoms with Crippen molar-refractivity contribution in [1.82, 2.24) is 10.6 Å². The van der Waals surface area contributed by atoms with Gasteiger partial charge in [0.1, 0.15) is 6.61 Å². The lowest BCUT2D eigenvalue weighted by Gasteiger charge is -2.24. The van der Waals surface area contributed by atoms with E-state index in [4.69, 9.17) is 27.5 Å². The average molecular weight is 549 g/mol. The molecule has 216 valence electrons. The topological polar surface area (TPSA) is 131 Å². The molecule has 11 nitrogen and oxygen atoms in total. The standard InChI is InChI=1S/C25H48N2O9Si/c1-22(2)23(28)34-20-17-27-25(30)36-19-14-12-10-8-6-7-9-11-13-18-35-24(29)26-16-15-21-37(31-3,32-4)33-5/h1,6-21H2,2-5H3,(H,26,29)(H,27,30). The van der Waals surface area contributed by atoms with Crippen LogP contribution in [0.2, 0.25) is 6.04 Å². The molecule has 2 amide bonds. The van der Waals surface area contributed by atoms with E-state index in [9.17, 15) is 14.4 Å². The zero-order chi connectivity index (χ0) is 27.8. The highest BCUT2D eigenvalue weighted by molar-refractivity contribution is 6.60. The van der Waals surface area contributed by atoms with Crippen LogP contribution in [0.3, 0.4) is 0 Å². The quantitative estimate of drug-likeness (QED) is 0.0629. The summed E-state index contributed by atoms with van der Waals surface area (Å²) in [5.41, 5.74) is 0.323. The smallest absolute Gasteiger partial charge is 0.460 e. The Morgan fingerprint density at radius 2 is 1.05 bits per heavy atom. The average Bonchev–Trinajstić information content (AvgIpc) is 2.89. The van der Waals surface area contributed by atoms with Crippen LogP contribution < -0.4 is 10.6 Å². The Hall–Kier alpha value is -2.15. The van der Waals surface area contributed by atoms with Gasteiger partial charge in [0, 0.05) is 39.5 Å². The van der Waals surface area contributed by atoms with Gasteiger partial charge in [-0.3, -0.25) is 0 Å². The summed E-state index contributed by atoms with van der Waals surface area (Å²) in [5, 5.41) is 5.27. The van der Waals surface area contributed by atoms with Gasteiger partial charge in [-0.25, -0.2) is 14.4 Å². The van der Waals surface area contributed by atoms with Crippen molar-refractivity contribution in [3.05, 3.63) is 12.2 Å². The van der Waals surface area contributed by atoms with Crippen molar-refractivity contribution < 1.29 is 41.9 Å². The van der Waals surface area contributed by atoms with Crippen molar-refractivity contribution in [3.63, 3.8) is 0 Å². The molecule has 0 aliphatic rings. The molecule has 0 rings (SSSR count). The first-order valence-electron chi connectivity index (χ1n) is 13.1. The second kappa shape index (κ2) is 23.0. The summed E-state index contributed by atoms with van der Waals surface area (Å²) in [5.74, 6) is -0.474. The van der Waals surface area contributed by atoms with E-state index >= 15 is 0 Å². The molecule has 0 bridgehead atoms. The van der Waals surface area contributed by atoms with Gasteiger partial charge in [-0.1, -0.05) is 51.5 Å². The summed E-state index contributed by atoms with van der Waals surface area (Å²) in [6, 6.07) is 0.624. The largest absolute Gasteiger partial charge is 0.500 e. The monoisotopic (exact) mass is 548 g/mol. The normalized spacial score (nSPS) is 11.0. The maximum absolute atomic E-state index is 11.7. The highest BCUT2D eigenvalue weighted by Crippen LogP contribution is 2.14. The lowest BCUT2D eigenvalue weighted by molar-refractivity contribution is -0.138. The van der Waals surface area contributed by atoms with E-state index in [2.05, 4.69) is 17.2 Å². The first-order chi connectivity index (χ1) is 17.8. The number of alkyl carbamates (subject to hydrolysis) is 2. The van der Waals surface area contributed by atoms with Gasteiger partial charge in [0.2, 0.25) is 0 Å². The number of carbonyl (C=O) groups is 3. The van der Waals surface area contributed by atoms with Gasteiger partial charge in [-0.2, -0.15) is 0 Å². The highest BCUT2D eigenvalue weighted by atomic mass is 28.4. The van der Waals surface area contributed by atoms with Crippen LogP contribution in [0, 0.1) is 0 Å². The van der Waals surface area contributed by atoms with E-state index in [1.54, 1.807) is 28.3 Å². The fourth-order valence-electron chi connectivity index (χ4n) is 3.34. The van der Waals surface area contributed by atoms with Gasteiger partial charge in [0.25, 0.3) is 0 Å².